The third-order valence-electron chi connectivity index (χ3n) is 2.62. The van der Waals surface area contributed by atoms with Crippen LogP contribution >= 0.6 is 22.6 Å². The summed E-state index contributed by atoms with van der Waals surface area (Å²) < 4.78 is 6.18. The number of aliphatic hydroxyl groups is 3. The third-order valence-corrected chi connectivity index (χ3v) is 3.21. The zero-order valence-electron chi connectivity index (χ0n) is 8.32. The van der Waals surface area contributed by atoms with Gasteiger partial charge in [-0.2, -0.15) is 0 Å². The average molecular weight is 337 g/mol. The van der Waals surface area contributed by atoms with E-state index in [0.29, 0.717) is 0 Å². The third kappa shape index (κ3) is 2.21. The first-order valence-corrected chi connectivity index (χ1v) is 5.95. The van der Waals surface area contributed by atoms with Crippen molar-refractivity contribution in [3.05, 3.63) is 27.6 Å². The molecule has 16 heavy (non-hydrogen) atoms. The van der Waals surface area contributed by atoms with Gasteiger partial charge in [-0.1, -0.05) is 0 Å². The number of aliphatic hydroxyl groups excluding tert-OH is 3. The molecule has 1 aliphatic heterocycles. The van der Waals surface area contributed by atoms with Crippen molar-refractivity contribution in [3.63, 3.8) is 0 Å². The molecule has 88 valence electrons. The van der Waals surface area contributed by atoms with E-state index in [1.165, 1.54) is 0 Å². The van der Waals surface area contributed by atoms with Crippen LogP contribution in [0.3, 0.4) is 0 Å². The first-order chi connectivity index (χ1) is 7.63. The van der Waals surface area contributed by atoms with Crippen molar-refractivity contribution in [1.82, 2.24) is 4.98 Å². The summed E-state index contributed by atoms with van der Waals surface area (Å²) in [6, 6.07) is 3.50. The molecule has 5 nitrogen and oxygen atoms in total. The van der Waals surface area contributed by atoms with Crippen LogP contribution < -0.4 is 0 Å². The van der Waals surface area contributed by atoms with E-state index in [1.807, 2.05) is 0 Å². The molecular weight excluding hydrogens is 325 g/mol. The van der Waals surface area contributed by atoms with Gasteiger partial charge in [0.25, 0.3) is 0 Å². The van der Waals surface area contributed by atoms with Crippen molar-refractivity contribution < 1.29 is 20.1 Å². The fourth-order valence-electron chi connectivity index (χ4n) is 1.77. The number of aromatic nitrogens is 1. The van der Waals surface area contributed by atoms with Gasteiger partial charge in [0.1, 0.15) is 28.1 Å². The quantitative estimate of drug-likeness (QED) is 0.516. The second-order valence-corrected chi connectivity index (χ2v) is 4.78. The maximum atomic E-state index is 9.79. The van der Waals surface area contributed by atoms with Crippen molar-refractivity contribution in [2.45, 2.75) is 24.4 Å². The molecule has 0 spiro atoms. The van der Waals surface area contributed by atoms with Crippen LogP contribution in [0.5, 0.6) is 0 Å². The minimum Gasteiger partial charge on any atom is -0.394 e. The molecule has 0 amide bonds. The van der Waals surface area contributed by atoms with Crippen molar-refractivity contribution in [2.24, 2.45) is 0 Å². The predicted octanol–water partition coefficient (Wildman–Crippen LogP) is -0.160. The predicted molar refractivity (Wildman–Crippen MR) is 63.7 cm³/mol. The lowest BCUT2D eigenvalue weighted by Crippen LogP contribution is -2.32. The summed E-state index contributed by atoms with van der Waals surface area (Å²) in [6.45, 7) is -0.309. The van der Waals surface area contributed by atoms with Gasteiger partial charge in [0.2, 0.25) is 0 Å². The highest BCUT2D eigenvalue weighted by atomic mass is 127. The van der Waals surface area contributed by atoms with E-state index < -0.39 is 24.4 Å². The minimum atomic E-state index is -1.05. The molecule has 1 aromatic heterocycles. The van der Waals surface area contributed by atoms with Crippen LogP contribution in [-0.4, -0.2) is 45.2 Å². The molecule has 0 saturated carbocycles. The Labute approximate surface area is 106 Å². The molecule has 0 aromatic carbocycles. The lowest BCUT2D eigenvalue weighted by atomic mass is 10.0. The summed E-state index contributed by atoms with van der Waals surface area (Å²) >= 11 is 2.06. The normalized spacial score (nSPS) is 34.2. The minimum absolute atomic E-state index is 0.309. The zero-order chi connectivity index (χ0) is 11.7. The van der Waals surface area contributed by atoms with Crippen LogP contribution in [0.1, 0.15) is 11.7 Å². The van der Waals surface area contributed by atoms with Crippen molar-refractivity contribution in [2.75, 3.05) is 6.61 Å². The molecule has 1 unspecified atom stereocenters. The largest absolute Gasteiger partial charge is 0.394 e. The monoisotopic (exact) mass is 337 g/mol. The number of halogens is 1. The Kier molecular flexibility index (Phi) is 3.75. The molecule has 2 rings (SSSR count). The van der Waals surface area contributed by atoms with E-state index in [1.54, 1.807) is 18.3 Å². The van der Waals surface area contributed by atoms with E-state index in [4.69, 9.17) is 9.84 Å². The molecule has 1 fully saturated rings. The van der Waals surface area contributed by atoms with Crippen LogP contribution in [0.4, 0.5) is 0 Å². The lowest BCUT2D eigenvalue weighted by molar-refractivity contribution is -0.0228. The molecule has 0 bridgehead atoms. The molecule has 1 saturated heterocycles. The number of rotatable bonds is 2. The highest BCUT2D eigenvalue weighted by molar-refractivity contribution is 14.1. The number of hydrogen-bond donors (Lipinski definition) is 3. The topological polar surface area (TPSA) is 82.8 Å². The first-order valence-electron chi connectivity index (χ1n) is 4.87. The van der Waals surface area contributed by atoms with E-state index in [2.05, 4.69) is 27.6 Å². The van der Waals surface area contributed by atoms with Crippen LogP contribution in [0.15, 0.2) is 18.3 Å². The number of hydrogen-bond acceptors (Lipinski definition) is 5. The van der Waals surface area contributed by atoms with Gasteiger partial charge in [-0.3, -0.25) is 4.98 Å². The van der Waals surface area contributed by atoms with E-state index >= 15 is 0 Å². The van der Waals surface area contributed by atoms with Crippen LogP contribution in [0.25, 0.3) is 0 Å². The van der Waals surface area contributed by atoms with Crippen molar-refractivity contribution in [1.29, 1.82) is 0 Å². The fourth-order valence-corrected chi connectivity index (χ4v) is 2.29. The average Bonchev–Trinajstić information content (AvgIpc) is 2.56. The molecule has 3 N–H and O–H groups in total. The summed E-state index contributed by atoms with van der Waals surface area (Å²) in [4.78, 5) is 4.03. The van der Waals surface area contributed by atoms with Gasteiger partial charge in [-0.05, 0) is 40.3 Å². The molecule has 1 aliphatic rings. The number of ether oxygens (including phenoxy) is 1. The van der Waals surface area contributed by atoms with Gasteiger partial charge >= 0.3 is 0 Å². The maximum absolute atomic E-state index is 9.79. The SMILES string of the molecule is OC[C@H]1OC(c2ccnc(I)c2)[C@H](O)[C@@H]1O. The van der Waals surface area contributed by atoms with Gasteiger partial charge in [0.05, 0.1) is 6.61 Å². The summed E-state index contributed by atoms with van der Waals surface area (Å²) in [6.07, 6.45) is -1.79. The highest BCUT2D eigenvalue weighted by Gasteiger charge is 2.42. The standard InChI is InChI=1S/C10H12INO4/c11-7-3-5(1-2-12-7)10-9(15)8(14)6(4-13)16-10/h1-3,6,8-10,13-15H,4H2/t6-,8-,9-,10?/m1/s1. The number of pyridine rings is 1. The Balaban J connectivity index is 2.23. The Morgan fingerprint density at radius 1 is 1.38 bits per heavy atom. The highest BCUT2D eigenvalue weighted by Crippen LogP contribution is 2.33. The van der Waals surface area contributed by atoms with Gasteiger partial charge in [0, 0.05) is 6.20 Å². The summed E-state index contributed by atoms with van der Waals surface area (Å²) in [7, 11) is 0. The van der Waals surface area contributed by atoms with Crippen LogP contribution in [-0.2, 0) is 4.74 Å². The zero-order valence-corrected chi connectivity index (χ0v) is 10.5. The van der Waals surface area contributed by atoms with Gasteiger partial charge < -0.3 is 20.1 Å². The fraction of sp³-hybridized carbons (Fsp3) is 0.500. The first kappa shape index (κ1) is 12.2. The Hall–Kier alpha value is -0.280. The molecule has 2 heterocycles. The molecule has 4 atom stereocenters. The van der Waals surface area contributed by atoms with Crippen molar-refractivity contribution >= 4 is 22.6 Å². The second kappa shape index (κ2) is 4.92. The summed E-state index contributed by atoms with van der Waals surface area (Å²) in [5, 5.41) is 28.4. The summed E-state index contributed by atoms with van der Waals surface area (Å²) in [5.74, 6) is 0. The maximum Gasteiger partial charge on any atom is 0.113 e. The number of nitrogens with zero attached hydrogens (tertiary/aromatic N) is 1. The summed E-state index contributed by atoms with van der Waals surface area (Å²) in [5.41, 5.74) is 0.752. The molecule has 0 aliphatic carbocycles. The van der Waals surface area contributed by atoms with E-state index in [-0.39, 0.29) is 6.61 Å². The van der Waals surface area contributed by atoms with Crippen molar-refractivity contribution in [3.8, 4) is 0 Å². The van der Waals surface area contributed by atoms with Gasteiger partial charge in [-0.25, -0.2) is 0 Å². The van der Waals surface area contributed by atoms with Crippen LogP contribution in [0, 0.1) is 3.70 Å². The second-order valence-electron chi connectivity index (χ2n) is 3.67. The van der Waals surface area contributed by atoms with E-state index in [0.717, 1.165) is 9.26 Å². The molecular formula is C10H12INO4. The Morgan fingerprint density at radius 2 is 2.12 bits per heavy atom. The van der Waals surface area contributed by atoms with Gasteiger partial charge in [0.15, 0.2) is 0 Å². The smallest absolute Gasteiger partial charge is 0.113 e. The van der Waals surface area contributed by atoms with Gasteiger partial charge in [-0.15, -0.1) is 0 Å². The molecule has 1 aromatic rings. The van der Waals surface area contributed by atoms with Crippen LogP contribution in [0.2, 0.25) is 0 Å². The molecule has 6 heteroatoms. The Morgan fingerprint density at radius 3 is 2.69 bits per heavy atom. The Bertz CT molecular complexity index is 376. The van der Waals surface area contributed by atoms with E-state index in [9.17, 15) is 10.2 Å². The lowest BCUT2D eigenvalue weighted by Gasteiger charge is -2.14. The molecule has 0 radical (unpaired) electrons.